The van der Waals surface area contributed by atoms with Gasteiger partial charge >= 0.3 is 6.09 Å². The number of likely N-dealkylation sites (N-methyl/N-ethyl adjacent to an activating group) is 1. The van der Waals surface area contributed by atoms with Gasteiger partial charge in [0.2, 0.25) is 0 Å². The molecule has 14 heteroatoms. The van der Waals surface area contributed by atoms with Crippen LogP contribution < -0.4 is 10.1 Å². The molecule has 1 aromatic carbocycles. The van der Waals surface area contributed by atoms with Crippen molar-refractivity contribution in [3.8, 4) is 28.4 Å². The van der Waals surface area contributed by atoms with Crippen LogP contribution in [0.1, 0.15) is 77.8 Å². The van der Waals surface area contributed by atoms with Gasteiger partial charge in [0, 0.05) is 31.9 Å². The lowest BCUT2D eigenvalue weighted by atomic mass is 10.0. The number of rotatable bonds is 12. The lowest BCUT2D eigenvalue weighted by Crippen LogP contribution is -2.49. The Bertz CT molecular complexity index is 1600. The molecule has 11 nitrogen and oxygen atoms in total. The number of halogens is 2. The number of alkyl halides is 2. The van der Waals surface area contributed by atoms with Crippen molar-refractivity contribution in [2.45, 2.75) is 111 Å². The molecule has 4 rings (SSSR count). The van der Waals surface area contributed by atoms with E-state index in [-0.39, 0.29) is 47.1 Å². The molecular formula is C36H53F2N5O6Si. The van der Waals surface area contributed by atoms with Crippen LogP contribution in [0.15, 0.2) is 28.8 Å². The van der Waals surface area contributed by atoms with Crippen LogP contribution in [-0.2, 0) is 13.9 Å². The number of hydrogen-bond acceptors (Lipinski definition) is 10. The van der Waals surface area contributed by atoms with Crippen molar-refractivity contribution in [3.05, 3.63) is 41.3 Å². The van der Waals surface area contributed by atoms with E-state index in [2.05, 4.69) is 49.3 Å². The molecule has 1 amide bonds. The highest BCUT2D eigenvalue weighted by atomic mass is 28.4. The standard InChI is InChI=1S/C36H53F2N5O6Si/c1-22-28(23(2)48-42-22)30-29(31(37)38)33(39-25-15-17-45-18-16-25)41-32(40-30)24-13-12-14-26(19-24)46-21-27(49-50(10,11)36(6,7)8)20-43(9)34(44)47-35(3,4)5/h12-14,19,25,27,31H,15-18,20-21H2,1-11H3,(H,39,40,41). The zero-order valence-electron chi connectivity index (χ0n) is 31.3. The van der Waals surface area contributed by atoms with Gasteiger partial charge in [-0.3, -0.25) is 0 Å². The van der Waals surface area contributed by atoms with E-state index in [1.54, 1.807) is 45.2 Å². The molecule has 1 fully saturated rings. The van der Waals surface area contributed by atoms with Crippen molar-refractivity contribution in [1.82, 2.24) is 20.0 Å². The van der Waals surface area contributed by atoms with Gasteiger partial charge in [-0.2, -0.15) is 0 Å². The third-order valence-corrected chi connectivity index (χ3v) is 13.5. The first kappa shape index (κ1) is 39.2. The maximum atomic E-state index is 14.8. The Morgan fingerprint density at radius 2 is 1.78 bits per heavy atom. The molecule has 1 aliphatic rings. The van der Waals surface area contributed by atoms with Gasteiger partial charge in [0.1, 0.15) is 29.5 Å². The topological polar surface area (TPSA) is 121 Å². The van der Waals surface area contributed by atoms with Gasteiger partial charge in [-0.25, -0.2) is 23.5 Å². The first-order chi connectivity index (χ1) is 23.3. The van der Waals surface area contributed by atoms with E-state index in [0.717, 1.165) is 0 Å². The van der Waals surface area contributed by atoms with Crippen molar-refractivity contribution in [3.63, 3.8) is 0 Å². The normalized spacial score (nSPS) is 15.2. The number of carbonyl (C=O) groups excluding carboxylic acids is 1. The number of hydrogen-bond donors (Lipinski definition) is 1. The summed E-state index contributed by atoms with van der Waals surface area (Å²) < 4.78 is 59.1. The molecule has 0 bridgehead atoms. The zero-order valence-corrected chi connectivity index (χ0v) is 32.3. The van der Waals surface area contributed by atoms with E-state index in [9.17, 15) is 13.6 Å². The number of carbonyl (C=O) groups is 1. The zero-order chi connectivity index (χ0) is 37.0. The second kappa shape index (κ2) is 15.7. The minimum atomic E-state index is -2.86. The van der Waals surface area contributed by atoms with Gasteiger partial charge in [-0.05, 0) is 77.7 Å². The molecule has 0 aliphatic carbocycles. The molecule has 1 unspecified atom stereocenters. The lowest BCUT2D eigenvalue weighted by Gasteiger charge is -2.40. The number of ether oxygens (including phenoxy) is 3. The average Bonchev–Trinajstić information content (AvgIpc) is 3.35. The van der Waals surface area contributed by atoms with E-state index in [1.807, 2.05) is 20.8 Å². The quantitative estimate of drug-likeness (QED) is 0.182. The fourth-order valence-corrected chi connectivity index (χ4v) is 6.64. The van der Waals surface area contributed by atoms with Gasteiger partial charge in [0.15, 0.2) is 14.1 Å². The van der Waals surface area contributed by atoms with E-state index in [1.165, 1.54) is 4.90 Å². The molecule has 3 aromatic rings. The van der Waals surface area contributed by atoms with Crippen LogP contribution in [0, 0.1) is 13.8 Å². The van der Waals surface area contributed by atoms with Crippen LogP contribution in [0.25, 0.3) is 22.6 Å². The summed E-state index contributed by atoms with van der Waals surface area (Å²) in [4.78, 5) is 23.7. The number of amides is 1. The Balaban J connectivity index is 1.68. The second-order valence-corrected chi connectivity index (χ2v) is 20.1. The lowest BCUT2D eigenvalue weighted by molar-refractivity contribution is 0.0172. The van der Waals surface area contributed by atoms with Gasteiger partial charge in [-0.1, -0.05) is 38.1 Å². The number of anilines is 1. The van der Waals surface area contributed by atoms with Crippen LogP contribution in [-0.4, -0.2) is 85.6 Å². The summed E-state index contributed by atoms with van der Waals surface area (Å²) in [5.74, 6) is 1.19. The molecule has 1 saturated heterocycles. The molecule has 276 valence electrons. The Morgan fingerprint density at radius 1 is 1.10 bits per heavy atom. The van der Waals surface area contributed by atoms with Crippen LogP contribution in [0.4, 0.5) is 19.4 Å². The van der Waals surface area contributed by atoms with Crippen molar-refractivity contribution in [1.29, 1.82) is 0 Å². The Kier molecular flexibility index (Phi) is 12.3. The average molecular weight is 718 g/mol. The SMILES string of the molecule is Cc1noc(C)c1-c1nc(-c2cccc(OCC(CN(C)C(=O)OC(C)(C)C)O[Si](C)(C)C(C)(C)C)c2)nc(NC2CCOCC2)c1C(F)F. The largest absolute Gasteiger partial charge is 0.491 e. The van der Waals surface area contributed by atoms with Crippen molar-refractivity contribution in [2.24, 2.45) is 0 Å². The van der Waals surface area contributed by atoms with E-state index in [4.69, 9.17) is 28.1 Å². The predicted octanol–water partition coefficient (Wildman–Crippen LogP) is 8.58. The van der Waals surface area contributed by atoms with Crippen LogP contribution in [0.2, 0.25) is 18.1 Å². The third-order valence-electron chi connectivity index (χ3n) is 8.97. The van der Waals surface area contributed by atoms with E-state index in [0.29, 0.717) is 54.4 Å². The number of aromatic nitrogens is 3. The molecule has 2 aromatic heterocycles. The minimum absolute atomic E-state index is 0.0613. The maximum absolute atomic E-state index is 14.8. The molecule has 0 radical (unpaired) electrons. The smallest absolute Gasteiger partial charge is 0.410 e. The second-order valence-electron chi connectivity index (χ2n) is 15.4. The monoisotopic (exact) mass is 717 g/mol. The van der Waals surface area contributed by atoms with Crippen LogP contribution in [0.5, 0.6) is 5.75 Å². The molecule has 1 N–H and O–H groups in total. The van der Waals surface area contributed by atoms with Gasteiger partial charge in [0.25, 0.3) is 6.43 Å². The Morgan fingerprint density at radius 3 is 2.36 bits per heavy atom. The van der Waals surface area contributed by atoms with Crippen molar-refractivity contribution in [2.75, 3.05) is 38.7 Å². The third kappa shape index (κ3) is 10.0. The van der Waals surface area contributed by atoms with Crippen molar-refractivity contribution >= 4 is 20.2 Å². The highest BCUT2D eigenvalue weighted by Crippen LogP contribution is 2.40. The molecule has 0 spiro atoms. The summed E-state index contributed by atoms with van der Waals surface area (Å²) >= 11 is 0. The molecule has 0 saturated carbocycles. The molecule has 1 aliphatic heterocycles. The molecular weight excluding hydrogens is 665 g/mol. The fraction of sp³-hybridized carbons (Fsp3) is 0.611. The fourth-order valence-electron chi connectivity index (χ4n) is 5.31. The Labute approximate surface area is 295 Å². The van der Waals surface area contributed by atoms with Crippen molar-refractivity contribution < 1.29 is 36.7 Å². The molecule has 3 heterocycles. The van der Waals surface area contributed by atoms with Gasteiger partial charge < -0.3 is 33.4 Å². The highest BCUT2D eigenvalue weighted by molar-refractivity contribution is 6.74. The molecule has 1 atom stereocenters. The van der Waals surface area contributed by atoms with Gasteiger partial charge in [-0.15, -0.1) is 0 Å². The summed E-state index contributed by atoms with van der Waals surface area (Å²) in [6.45, 7) is 21.1. The summed E-state index contributed by atoms with van der Waals surface area (Å²) in [7, 11) is -0.588. The number of nitrogens with zero attached hydrogens (tertiary/aromatic N) is 4. The number of benzene rings is 1. The summed E-state index contributed by atoms with van der Waals surface area (Å²) in [5.41, 5.74) is 0.550. The summed E-state index contributed by atoms with van der Waals surface area (Å²) in [6, 6.07) is 7.08. The predicted molar refractivity (Wildman–Crippen MR) is 191 cm³/mol. The summed E-state index contributed by atoms with van der Waals surface area (Å²) in [6.07, 6.45) is -2.45. The minimum Gasteiger partial charge on any atom is -0.491 e. The maximum Gasteiger partial charge on any atom is 0.410 e. The van der Waals surface area contributed by atoms with Crippen LogP contribution >= 0.6 is 0 Å². The molecule has 50 heavy (non-hydrogen) atoms. The number of nitrogens with one attached hydrogen (secondary N) is 1. The van der Waals surface area contributed by atoms with E-state index >= 15 is 0 Å². The summed E-state index contributed by atoms with van der Waals surface area (Å²) in [5, 5.41) is 7.19. The first-order valence-corrected chi connectivity index (χ1v) is 20.0. The van der Waals surface area contributed by atoms with E-state index < -0.39 is 32.5 Å². The highest BCUT2D eigenvalue weighted by Gasteiger charge is 2.40. The Hall–Kier alpha value is -3.62. The first-order valence-electron chi connectivity index (χ1n) is 17.1. The van der Waals surface area contributed by atoms with Gasteiger partial charge in [0.05, 0.1) is 35.2 Å². The van der Waals surface area contributed by atoms with Crippen LogP contribution in [0.3, 0.4) is 0 Å². The number of aryl methyl sites for hydroxylation is 2.